The number of H-pyrrole nitrogens is 1. The van der Waals surface area contributed by atoms with Gasteiger partial charge in [-0.1, -0.05) is 0 Å². The zero-order chi connectivity index (χ0) is 20.2. The number of hydrogen-bond acceptors (Lipinski definition) is 8. The molecule has 0 aromatic carbocycles. The van der Waals surface area contributed by atoms with E-state index in [1.54, 1.807) is 31.6 Å². The molecule has 10 heteroatoms. The summed E-state index contributed by atoms with van der Waals surface area (Å²) in [5, 5.41) is 12.8. The number of rotatable bonds is 5. The molecule has 10 nitrogen and oxygen atoms in total. The second kappa shape index (κ2) is 8.31. The maximum absolute atomic E-state index is 12.6. The Hall–Kier alpha value is -3.40. The van der Waals surface area contributed by atoms with E-state index in [2.05, 4.69) is 35.8 Å². The van der Waals surface area contributed by atoms with Crippen LogP contribution in [0.4, 0.5) is 0 Å². The lowest BCUT2D eigenvalue weighted by Gasteiger charge is -2.22. The topological polar surface area (TPSA) is 139 Å². The molecule has 29 heavy (non-hydrogen) atoms. The Balaban J connectivity index is 1.45. The van der Waals surface area contributed by atoms with Crippen molar-refractivity contribution in [3.8, 4) is 11.5 Å². The summed E-state index contributed by atoms with van der Waals surface area (Å²) in [5.74, 6) is 1.08. The Kier molecular flexibility index (Phi) is 5.43. The highest BCUT2D eigenvalue weighted by Crippen LogP contribution is 2.23. The average Bonchev–Trinajstić information content (AvgIpc) is 3.22. The number of hydrogen-bond donors (Lipinski definition) is 3. The fourth-order valence-corrected chi connectivity index (χ4v) is 3.36. The fraction of sp³-hybridized carbons (Fsp3) is 0.368. The van der Waals surface area contributed by atoms with Crippen LogP contribution in [0.5, 0.6) is 0 Å². The van der Waals surface area contributed by atoms with Crippen molar-refractivity contribution in [3.63, 3.8) is 0 Å². The standard InChI is InChI=1S/C19H21N7O3/c1-11-7-14(12-3-2-4-20-8-12)29-19(28)16(11)18(27)23-10-15-24-17(26-25-15)13-9-21-5-6-22-13/h5-7,9,12,20H,2-4,8,10H2,1H3,(H,23,27)(H,24,25,26). The third-order valence-electron chi connectivity index (χ3n) is 4.83. The summed E-state index contributed by atoms with van der Waals surface area (Å²) in [6.45, 7) is 3.57. The first-order valence-corrected chi connectivity index (χ1v) is 9.43. The molecule has 1 aliphatic heterocycles. The molecule has 1 aliphatic rings. The second-order valence-corrected chi connectivity index (χ2v) is 6.92. The van der Waals surface area contributed by atoms with E-state index in [1.807, 2.05) is 0 Å². The third kappa shape index (κ3) is 4.21. The van der Waals surface area contributed by atoms with Gasteiger partial charge in [0.1, 0.15) is 22.8 Å². The summed E-state index contributed by atoms with van der Waals surface area (Å²) >= 11 is 0. The number of piperidine rings is 1. The Morgan fingerprint density at radius 1 is 1.38 bits per heavy atom. The van der Waals surface area contributed by atoms with Gasteiger partial charge in [0, 0.05) is 24.9 Å². The molecule has 0 aliphatic carbocycles. The van der Waals surface area contributed by atoms with Crippen molar-refractivity contribution < 1.29 is 9.21 Å². The van der Waals surface area contributed by atoms with Crippen LogP contribution in [-0.4, -0.2) is 44.1 Å². The lowest BCUT2D eigenvalue weighted by molar-refractivity contribution is 0.0944. The molecule has 3 aromatic heterocycles. The van der Waals surface area contributed by atoms with Crippen LogP contribution in [0.25, 0.3) is 11.5 Å². The van der Waals surface area contributed by atoms with Crippen LogP contribution < -0.4 is 16.3 Å². The van der Waals surface area contributed by atoms with Crippen molar-refractivity contribution in [2.24, 2.45) is 0 Å². The summed E-state index contributed by atoms with van der Waals surface area (Å²) < 4.78 is 5.46. The van der Waals surface area contributed by atoms with Gasteiger partial charge in [0.05, 0.1) is 12.7 Å². The van der Waals surface area contributed by atoms with E-state index in [0.717, 1.165) is 25.9 Å². The minimum Gasteiger partial charge on any atom is -0.427 e. The summed E-state index contributed by atoms with van der Waals surface area (Å²) in [5.41, 5.74) is 0.495. The van der Waals surface area contributed by atoms with Crippen molar-refractivity contribution in [1.29, 1.82) is 0 Å². The van der Waals surface area contributed by atoms with Gasteiger partial charge in [-0.25, -0.2) is 14.8 Å². The minimum absolute atomic E-state index is 0.00573. The van der Waals surface area contributed by atoms with Gasteiger partial charge >= 0.3 is 5.63 Å². The highest BCUT2D eigenvalue weighted by atomic mass is 16.4. The SMILES string of the molecule is Cc1cc(C2CCCNC2)oc(=O)c1C(=O)NCc1nc(-c2cnccn2)n[nH]1. The molecule has 3 N–H and O–H groups in total. The number of aromatic nitrogens is 5. The van der Waals surface area contributed by atoms with E-state index in [0.29, 0.717) is 28.7 Å². The van der Waals surface area contributed by atoms with Crippen molar-refractivity contribution in [2.75, 3.05) is 13.1 Å². The molecule has 1 saturated heterocycles. The van der Waals surface area contributed by atoms with Crippen molar-refractivity contribution in [2.45, 2.75) is 32.2 Å². The molecule has 4 heterocycles. The van der Waals surface area contributed by atoms with Gasteiger partial charge in [-0.3, -0.25) is 14.9 Å². The van der Waals surface area contributed by atoms with Crippen LogP contribution in [0.15, 0.2) is 33.9 Å². The number of carbonyl (C=O) groups excluding carboxylic acids is 1. The van der Waals surface area contributed by atoms with Crippen LogP contribution in [-0.2, 0) is 6.54 Å². The van der Waals surface area contributed by atoms with Gasteiger partial charge < -0.3 is 15.1 Å². The Bertz CT molecular complexity index is 1060. The molecule has 1 atom stereocenters. The largest absolute Gasteiger partial charge is 0.427 e. The van der Waals surface area contributed by atoms with Crippen molar-refractivity contribution in [1.82, 2.24) is 35.8 Å². The van der Waals surface area contributed by atoms with E-state index in [9.17, 15) is 9.59 Å². The second-order valence-electron chi connectivity index (χ2n) is 6.92. The number of nitrogens with zero attached hydrogens (tertiary/aromatic N) is 4. The number of aryl methyl sites for hydroxylation is 1. The van der Waals surface area contributed by atoms with Crippen LogP contribution in [0.3, 0.4) is 0 Å². The molecule has 0 spiro atoms. The first-order valence-electron chi connectivity index (χ1n) is 9.43. The molecule has 1 amide bonds. The minimum atomic E-state index is -0.624. The van der Waals surface area contributed by atoms with Crippen molar-refractivity contribution in [3.05, 3.63) is 57.8 Å². The Morgan fingerprint density at radius 2 is 2.28 bits per heavy atom. The fourth-order valence-electron chi connectivity index (χ4n) is 3.36. The quantitative estimate of drug-likeness (QED) is 0.580. The first-order chi connectivity index (χ1) is 14.1. The van der Waals surface area contributed by atoms with Gasteiger partial charge in [-0.05, 0) is 37.9 Å². The third-order valence-corrected chi connectivity index (χ3v) is 4.83. The summed E-state index contributed by atoms with van der Waals surface area (Å²) in [7, 11) is 0. The summed E-state index contributed by atoms with van der Waals surface area (Å²) in [6, 6.07) is 1.79. The molecule has 1 fully saturated rings. The maximum atomic E-state index is 12.6. The molecular weight excluding hydrogens is 374 g/mol. The molecule has 3 aromatic rings. The molecular formula is C19H21N7O3. The van der Waals surface area contributed by atoms with E-state index in [1.165, 1.54) is 0 Å². The predicted octanol–water partition coefficient (Wildman–Crippen LogP) is 0.920. The van der Waals surface area contributed by atoms with Crippen LogP contribution in [0, 0.1) is 6.92 Å². The monoisotopic (exact) mass is 395 g/mol. The van der Waals surface area contributed by atoms with Gasteiger partial charge in [-0.2, -0.15) is 5.10 Å². The smallest absolute Gasteiger partial charge is 0.349 e. The highest BCUT2D eigenvalue weighted by Gasteiger charge is 2.22. The number of amides is 1. The van der Waals surface area contributed by atoms with Crippen LogP contribution in [0.2, 0.25) is 0 Å². The number of carbonyl (C=O) groups is 1. The zero-order valence-electron chi connectivity index (χ0n) is 15.9. The number of nitrogens with one attached hydrogen (secondary N) is 3. The van der Waals surface area contributed by atoms with Crippen molar-refractivity contribution >= 4 is 5.91 Å². The zero-order valence-corrected chi connectivity index (χ0v) is 15.9. The average molecular weight is 395 g/mol. The lowest BCUT2D eigenvalue weighted by Crippen LogP contribution is -2.31. The van der Waals surface area contributed by atoms with E-state index < -0.39 is 11.5 Å². The molecule has 0 radical (unpaired) electrons. The predicted molar refractivity (Wildman–Crippen MR) is 103 cm³/mol. The molecule has 4 rings (SSSR count). The maximum Gasteiger partial charge on any atom is 0.349 e. The summed E-state index contributed by atoms with van der Waals surface area (Å²) in [6.07, 6.45) is 6.64. The van der Waals surface area contributed by atoms with Crippen LogP contribution >= 0.6 is 0 Å². The van der Waals surface area contributed by atoms with Gasteiger partial charge in [-0.15, -0.1) is 0 Å². The normalized spacial score (nSPS) is 16.5. The van der Waals surface area contributed by atoms with Gasteiger partial charge in [0.15, 0.2) is 0 Å². The Morgan fingerprint density at radius 3 is 3.00 bits per heavy atom. The van der Waals surface area contributed by atoms with E-state index in [4.69, 9.17) is 4.42 Å². The molecule has 0 bridgehead atoms. The summed E-state index contributed by atoms with van der Waals surface area (Å²) in [4.78, 5) is 37.4. The molecule has 0 saturated carbocycles. The first kappa shape index (κ1) is 18.9. The Labute approximate surface area is 166 Å². The molecule has 150 valence electrons. The lowest BCUT2D eigenvalue weighted by atomic mass is 9.95. The molecule has 1 unspecified atom stereocenters. The van der Waals surface area contributed by atoms with Gasteiger partial charge in [0.25, 0.3) is 5.91 Å². The van der Waals surface area contributed by atoms with E-state index in [-0.39, 0.29) is 18.0 Å². The highest BCUT2D eigenvalue weighted by molar-refractivity contribution is 5.95. The van der Waals surface area contributed by atoms with Gasteiger partial charge in [0.2, 0.25) is 5.82 Å². The van der Waals surface area contributed by atoms with Crippen LogP contribution in [0.1, 0.15) is 46.3 Å². The van der Waals surface area contributed by atoms with E-state index >= 15 is 0 Å². The number of aromatic amines is 1.